The summed E-state index contributed by atoms with van der Waals surface area (Å²) < 4.78 is 10.5. The van der Waals surface area contributed by atoms with Gasteiger partial charge in [0.1, 0.15) is 11.6 Å². The standard InChI is InChI=1S/C21H29N3O4/c1-13(2)12-17(20(26)27-3)23-19(25)14-8-10-15(11-9-14)22-21-24-16-6-4-5-7-18(16)28-21/h4-7,13-15,17H,8-12H2,1-3H3,(H,22,24)(H,23,25)/t14?,15?,17-/m0/s1. The molecule has 1 aliphatic rings. The number of aromatic nitrogens is 1. The Morgan fingerprint density at radius 2 is 1.93 bits per heavy atom. The summed E-state index contributed by atoms with van der Waals surface area (Å²) >= 11 is 0. The van der Waals surface area contributed by atoms with Crippen molar-refractivity contribution in [3.8, 4) is 0 Å². The Morgan fingerprint density at radius 1 is 1.21 bits per heavy atom. The molecule has 0 saturated heterocycles. The van der Waals surface area contributed by atoms with E-state index in [1.165, 1.54) is 7.11 Å². The van der Waals surface area contributed by atoms with Crippen LogP contribution >= 0.6 is 0 Å². The number of fused-ring (bicyclic) bond motifs is 1. The number of oxazole rings is 1. The average molecular weight is 387 g/mol. The third-order valence-corrected chi connectivity index (χ3v) is 5.23. The van der Waals surface area contributed by atoms with Gasteiger partial charge in [-0.2, -0.15) is 4.98 Å². The molecule has 7 heteroatoms. The van der Waals surface area contributed by atoms with Crippen molar-refractivity contribution < 1.29 is 18.7 Å². The molecule has 3 rings (SSSR count). The van der Waals surface area contributed by atoms with Gasteiger partial charge >= 0.3 is 5.97 Å². The number of carbonyl (C=O) groups is 2. The molecule has 0 unspecified atom stereocenters. The SMILES string of the molecule is COC(=O)[C@H](CC(C)C)NC(=O)C1CCC(Nc2nc3ccccc3o2)CC1. The number of para-hydroxylation sites is 2. The van der Waals surface area contributed by atoms with Gasteiger partial charge in [-0.25, -0.2) is 4.79 Å². The van der Waals surface area contributed by atoms with Gasteiger partial charge < -0.3 is 19.8 Å². The molecule has 1 aliphatic carbocycles. The fourth-order valence-corrected chi connectivity index (χ4v) is 3.73. The predicted octanol–water partition coefficient (Wildman–Crippen LogP) is 3.50. The zero-order valence-corrected chi connectivity index (χ0v) is 16.7. The number of ether oxygens (including phenoxy) is 1. The number of benzene rings is 1. The lowest BCUT2D eigenvalue weighted by Gasteiger charge is -2.29. The van der Waals surface area contributed by atoms with Gasteiger partial charge in [0.2, 0.25) is 5.91 Å². The summed E-state index contributed by atoms with van der Waals surface area (Å²) in [7, 11) is 1.35. The van der Waals surface area contributed by atoms with Gasteiger partial charge in [-0.15, -0.1) is 0 Å². The Labute approximate surface area is 165 Å². The zero-order chi connectivity index (χ0) is 20.1. The van der Waals surface area contributed by atoms with E-state index < -0.39 is 6.04 Å². The van der Waals surface area contributed by atoms with Crippen LogP contribution in [0.3, 0.4) is 0 Å². The Balaban J connectivity index is 1.51. The molecule has 7 nitrogen and oxygen atoms in total. The smallest absolute Gasteiger partial charge is 0.328 e. The van der Waals surface area contributed by atoms with E-state index in [-0.39, 0.29) is 23.8 Å². The van der Waals surface area contributed by atoms with Gasteiger partial charge in [0.25, 0.3) is 6.01 Å². The van der Waals surface area contributed by atoms with Crippen LogP contribution in [0, 0.1) is 11.8 Å². The minimum Gasteiger partial charge on any atom is -0.467 e. The maximum Gasteiger partial charge on any atom is 0.328 e. The summed E-state index contributed by atoms with van der Waals surface area (Å²) in [5, 5.41) is 6.23. The minimum atomic E-state index is -0.576. The highest BCUT2D eigenvalue weighted by Gasteiger charge is 2.30. The molecule has 0 bridgehead atoms. The van der Waals surface area contributed by atoms with Gasteiger partial charge in [-0.1, -0.05) is 26.0 Å². The first kappa shape index (κ1) is 20.2. The number of carbonyl (C=O) groups excluding carboxylic acids is 2. The summed E-state index contributed by atoms with van der Waals surface area (Å²) in [4.78, 5) is 29.0. The lowest BCUT2D eigenvalue weighted by molar-refractivity contribution is -0.146. The van der Waals surface area contributed by atoms with E-state index >= 15 is 0 Å². The van der Waals surface area contributed by atoms with Crippen molar-refractivity contribution in [3.05, 3.63) is 24.3 Å². The van der Waals surface area contributed by atoms with Crippen LogP contribution < -0.4 is 10.6 Å². The third-order valence-electron chi connectivity index (χ3n) is 5.23. The summed E-state index contributed by atoms with van der Waals surface area (Å²) in [5.74, 6) is -0.230. The van der Waals surface area contributed by atoms with Crippen LogP contribution in [0.2, 0.25) is 0 Å². The fraction of sp³-hybridized carbons (Fsp3) is 0.571. The number of nitrogens with zero attached hydrogens (tertiary/aromatic N) is 1. The van der Waals surface area contributed by atoms with Crippen molar-refractivity contribution >= 4 is 29.0 Å². The molecular weight excluding hydrogens is 358 g/mol. The van der Waals surface area contributed by atoms with E-state index in [0.717, 1.165) is 36.8 Å². The summed E-state index contributed by atoms with van der Waals surface area (Å²) in [5.41, 5.74) is 1.59. The number of anilines is 1. The van der Waals surface area contributed by atoms with Crippen LogP contribution in [0.5, 0.6) is 0 Å². The Kier molecular flexibility index (Phi) is 6.54. The topological polar surface area (TPSA) is 93.5 Å². The molecule has 2 N–H and O–H groups in total. The van der Waals surface area contributed by atoms with Gasteiger partial charge in [0.15, 0.2) is 5.58 Å². The highest BCUT2D eigenvalue weighted by Crippen LogP contribution is 2.28. The first-order chi connectivity index (χ1) is 13.5. The third kappa shape index (κ3) is 5.03. The minimum absolute atomic E-state index is 0.0589. The summed E-state index contributed by atoms with van der Waals surface area (Å²) in [6, 6.07) is 7.83. The number of nitrogens with one attached hydrogen (secondary N) is 2. The molecule has 1 saturated carbocycles. The molecule has 1 aromatic carbocycles. The van der Waals surface area contributed by atoms with Crippen LogP contribution in [0.15, 0.2) is 28.7 Å². The van der Waals surface area contributed by atoms with E-state index in [2.05, 4.69) is 15.6 Å². The number of methoxy groups -OCH3 is 1. The Bertz CT molecular complexity index is 776. The molecule has 1 heterocycles. The fourth-order valence-electron chi connectivity index (χ4n) is 3.73. The monoisotopic (exact) mass is 387 g/mol. The van der Waals surface area contributed by atoms with Crippen molar-refractivity contribution in [1.82, 2.24) is 10.3 Å². The van der Waals surface area contributed by atoms with Crippen molar-refractivity contribution in [2.45, 2.75) is 58.0 Å². The van der Waals surface area contributed by atoms with E-state index in [1.54, 1.807) is 0 Å². The molecule has 0 aliphatic heterocycles. The van der Waals surface area contributed by atoms with Gasteiger partial charge in [0.05, 0.1) is 7.11 Å². The van der Waals surface area contributed by atoms with Crippen LogP contribution in [-0.4, -0.2) is 36.1 Å². The second kappa shape index (κ2) is 9.08. The molecule has 28 heavy (non-hydrogen) atoms. The number of amides is 1. The van der Waals surface area contributed by atoms with Gasteiger partial charge in [-0.05, 0) is 50.2 Å². The molecule has 152 valence electrons. The lowest BCUT2D eigenvalue weighted by atomic mass is 9.85. The normalized spacial score (nSPS) is 20.7. The van der Waals surface area contributed by atoms with Crippen molar-refractivity contribution in [3.63, 3.8) is 0 Å². The Hall–Kier alpha value is -2.57. The maximum atomic E-state index is 12.6. The highest BCUT2D eigenvalue weighted by molar-refractivity contribution is 5.85. The second-order valence-electron chi connectivity index (χ2n) is 7.89. The average Bonchev–Trinajstić information content (AvgIpc) is 3.09. The zero-order valence-electron chi connectivity index (χ0n) is 16.7. The highest BCUT2D eigenvalue weighted by atomic mass is 16.5. The quantitative estimate of drug-likeness (QED) is 0.706. The van der Waals surface area contributed by atoms with Crippen molar-refractivity contribution in [1.29, 1.82) is 0 Å². The molecular formula is C21H29N3O4. The van der Waals surface area contributed by atoms with E-state index in [0.29, 0.717) is 18.4 Å². The van der Waals surface area contributed by atoms with E-state index in [4.69, 9.17) is 9.15 Å². The summed E-state index contributed by atoms with van der Waals surface area (Å²) in [6.07, 6.45) is 3.80. The van der Waals surface area contributed by atoms with Gasteiger partial charge in [-0.3, -0.25) is 4.79 Å². The molecule has 0 spiro atoms. The first-order valence-corrected chi connectivity index (χ1v) is 9.96. The maximum absolute atomic E-state index is 12.6. The van der Waals surface area contributed by atoms with Gasteiger partial charge in [0, 0.05) is 12.0 Å². The van der Waals surface area contributed by atoms with Crippen LogP contribution in [-0.2, 0) is 14.3 Å². The number of hydrogen-bond acceptors (Lipinski definition) is 6. The van der Waals surface area contributed by atoms with Crippen molar-refractivity contribution in [2.75, 3.05) is 12.4 Å². The Morgan fingerprint density at radius 3 is 2.57 bits per heavy atom. The number of hydrogen-bond donors (Lipinski definition) is 2. The number of rotatable bonds is 7. The molecule has 2 aromatic rings. The first-order valence-electron chi connectivity index (χ1n) is 9.96. The second-order valence-corrected chi connectivity index (χ2v) is 7.89. The molecule has 0 radical (unpaired) electrons. The summed E-state index contributed by atoms with van der Waals surface area (Å²) in [6.45, 7) is 4.04. The number of esters is 1. The molecule has 1 atom stereocenters. The van der Waals surface area contributed by atoms with E-state index in [1.807, 2.05) is 38.1 Å². The molecule has 1 amide bonds. The predicted molar refractivity (Wildman–Crippen MR) is 107 cm³/mol. The molecule has 1 aromatic heterocycles. The van der Waals surface area contributed by atoms with Crippen LogP contribution in [0.1, 0.15) is 46.0 Å². The van der Waals surface area contributed by atoms with Crippen LogP contribution in [0.4, 0.5) is 6.01 Å². The molecule has 1 fully saturated rings. The van der Waals surface area contributed by atoms with Crippen molar-refractivity contribution in [2.24, 2.45) is 11.8 Å². The van der Waals surface area contributed by atoms with Crippen LogP contribution in [0.25, 0.3) is 11.1 Å². The van der Waals surface area contributed by atoms with E-state index in [9.17, 15) is 9.59 Å². The lowest BCUT2D eigenvalue weighted by Crippen LogP contribution is -2.46. The largest absolute Gasteiger partial charge is 0.467 e.